The highest BCUT2D eigenvalue weighted by atomic mass is 35.5. The van der Waals surface area contributed by atoms with Gasteiger partial charge in [0.25, 0.3) is 0 Å². The quantitative estimate of drug-likeness (QED) is 0.791. The van der Waals surface area contributed by atoms with E-state index < -0.39 is 0 Å². The maximum absolute atomic E-state index is 5.95. The van der Waals surface area contributed by atoms with Crippen LogP contribution in [0.1, 0.15) is 19.5 Å². The first-order valence-electron chi connectivity index (χ1n) is 4.89. The minimum atomic E-state index is 0.535. The van der Waals surface area contributed by atoms with Crippen LogP contribution in [0.4, 0.5) is 0 Å². The van der Waals surface area contributed by atoms with Gasteiger partial charge in [-0.2, -0.15) is 11.8 Å². The van der Waals surface area contributed by atoms with E-state index in [0.29, 0.717) is 10.4 Å². The van der Waals surface area contributed by atoms with Gasteiger partial charge in [-0.15, -0.1) is 5.10 Å². The molecule has 3 nitrogen and oxygen atoms in total. The molecule has 0 unspecified atom stereocenters. The van der Waals surface area contributed by atoms with Gasteiger partial charge in [-0.1, -0.05) is 23.0 Å². The Labute approximate surface area is 104 Å². The zero-order valence-electron chi connectivity index (χ0n) is 9.23. The highest BCUT2D eigenvalue weighted by Gasteiger charge is 2.13. The lowest BCUT2D eigenvalue weighted by molar-refractivity contribution is 0.266. The Hall–Kier alpha value is 0.160. The molecule has 1 atom stereocenters. The molecular weight excluding hydrogens is 250 g/mol. The van der Waals surface area contributed by atoms with Crippen molar-refractivity contribution in [2.24, 2.45) is 0 Å². The molecule has 0 fully saturated rings. The van der Waals surface area contributed by atoms with Gasteiger partial charge in [0.15, 0.2) is 0 Å². The van der Waals surface area contributed by atoms with E-state index in [-0.39, 0.29) is 0 Å². The molecule has 0 N–H and O–H groups in total. The highest BCUT2D eigenvalue weighted by Crippen LogP contribution is 2.19. The summed E-state index contributed by atoms with van der Waals surface area (Å²) < 4.78 is 4.53. The van der Waals surface area contributed by atoms with Crippen molar-refractivity contribution in [3.8, 4) is 0 Å². The molecule has 6 heteroatoms. The fourth-order valence-electron chi connectivity index (χ4n) is 1.10. The number of hydrogen-bond acceptors (Lipinski definition) is 5. The summed E-state index contributed by atoms with van der Waals surface area (Å²) in [5, 5.41) is 4.01. The Bertz CT molecular complexity index is 293. The number of rotatable bonds is 6. The summed E-state index contributed by atoms with van der Waals surface area (Å²) in [7, 11) is 2.09. The minimum absolute atomic E-state index is 0.535. The number of hydrogen-bond donors (Lipinski definition) is 0. The average Bonchev–Trinajstić information content (AvgIpc) is 2.61. The van der Waals surface area contributed by atoms with Crippen LogP contribution in [-0.4, -0.2) is 39.1 Å². The molecule has 0 aliphatic heterocycles. The molecule has 15 heavy (non-hydrogen) atoms. The second-order valence-electron chi connectivity index (χ2n) is 3.42. The summed E-state index contributed by atoms with van der Waals surface area (Å²) in [6.45, 7) is 5.18. The predicted molar refractivity (Wildman–Crippen MR) is 68.8 cm³/mol. The molecule has 1 heterocycles. The first-order valence-corrected chi connectivity index (χ1v) is 7.20. The Morgan fingerprint density at radius 3 is 2.87 bits per heavy atom. The van der Waals surface area contributed by atoms with Gasteiger partial charge >= 0.3 is 0 Å². The molecular formula is C9H16ClN3S2. The van der Waals surface area contributed by atoms with Crippen molar-refractivity contribution in [1.82, 2.24) is 14.5 Å². The van der Waals surface area contributed by atoms with E-state index in [1.54, 1.807) is 0 Å². The maximum Gasteiger partial charge on any atom is 0.138 e. The topological polar surface area (TPSA) is 29.0 Å². The van der Waals surface area contributed by atoms with Gasteiger partial charge in [-0.05, 0) is 19.7 Å². The molecule has 0 radical (unpaired) electrons. The van der Waals surface area contributed by atoms with Gasteiger partial charge in [-0.3, -0.25) is 4.90 Å². The smallest absolute Gasteiger partial charge is 0.138 e. The first kappa shape index (κ1) is 13.2. The van der Waals surface area contributed by atoms with Crippen molar-refractivity contribution in [3.05, 3.63) is 10.0 Å². The molecule has 0 amide bonds. The summed E-state index contributed by atoms with van der Waals surface area (Å²) in [6.07, 6.45) is 0. The van der Waals surface area contributed by atoms with Crippen LogP contribution in [0, 0.1) is 0 Å². The van der Waals surface area contributed by atoms with Crippen LogP contribution in [0.3, 0.4) is 0 Å². The van der Waals surface area contributed by atoms with E-state index in [1.807, 2.05) is 11.8 Å². The summed E-state index contributed by atoms with van der Waals surface area (Å²) in [6, 6.07) is 0.535. The molecule has 1 rings (SSSR count). The van der Waals surface area contributed by atoms with Gasteiger partial charge < -0.3 is 0 Å². The molecule has 0 saturated heterocycles. The summed E-state index contributed by atoms with van der Waals surface area (Å²) in [5.74, 6) is 2.30. The van der Waals surface area contributed by atoms with E-state index in [9.17, 15) is 0 Å². The van der Waals surface area contributed by atoms with Gasteiger partial charge in [0, 0.05) is 29.9 Å². The van der Waals surface area contributed by atoms with Crippen LogP contribution in [0.15, 0.2) is 0 Å². The van der Waals surface area contributed by atoms with Gasteiger partial charge in [0.05, 0.1) is 0 Å². The van der Waals surface area contributed by atoms with Crippen molar-refractivity contribution in [2.45, 2.75) is 26.4 Å². The first-order chi connectivity index (χ1) is 7.15. The van der Waals surface area contributed by atoms with E-state index >= 15 is 0 Å². The van der Waals surface area contributed by atoms with Crippen molar-refractivity contribution in [3.63, 3.8) is 0 Å². The third-order valence-corrected chi connectivity index (χ3v) is 4.33. The Balaban J connectivity index is 2.41. The summed E-state index contributed by atoms with van der Waals surface area (Å²) in [5.41, 5.74) is 0.887. The van der Waals surface area contributed by atoms with Crippen molar-refractivity contribution in [2.75, 3.05) is 18.6 Å². The largest absolute Gasteiger partial charge is 0.297 e. The third kappa shape index (κ3) is 4.26. The highest BCUT2D eigenvalue weighted by molar-refractivity contribution is 7.99. The number of thioether (sulfide) groups is 1. The van der Waals surface area contributed by atoms with E-state index in [4.69, 9.17) is 11.6 Å². The van der Waals surface area contributed by atoms with Gasteiger partial charge in [0.1, 0.15) is 10.0 Å². The van der Waals surface area contributed by atoms with Crippen molar-refractivity contribution in [1.29, 1.82) is 0 Å². The monoisotopic (exact) mass is 265 g/mol. The lowest BCUT2D eigenvalue weighted by atomic mass is 10.3. The van der Waals surface area contributed by atoms with Crippen molar-refractivity contribution < 1.29 is 0 Å². The Morgan fingerprint density at radius 2 is 2.33 bits per heavy atom. The average molecular weight is 266 g/mol. The van der Waals surface area contributed by atoms with Gasteiger partial charge in [-0.25, -0.2) is 0 Å². The fraction of sp³-hybridized carbons (Fsp3) is 0.778. The molecule has 86 valence electrons. The van der Waals surface area contributed by atoms with Crippen LogP contribution < -0.4 is 0 Å². The summed E-state index contributed by atoms with van der Waals surface area (Å²) in [4.78, 5) is 2.26. The lowest BCUT2D eigenvalue weighted by Crippen LogP contribution is -2.30. The lowest BCUT2D eigenvalue weighted by Gasteiger charge is -2.23. The Morgan fingerprint density at radius 1 is 1.60 bits per heavy atom. The van der Waals surface area contributed by atoms with Crippen LogP contribution in [0.25, 0.3) is 0 Å². The molecule has 0 aliphatic rings. The molecule has 1 aromatic rings. The van der Waals surface area contributed by atoms with Crippen LogP contribution in [-0.2, 0) is 6.54 Å². The fourth-order valence-corrected chi connectivity index (χ4v) is 2.54. The van der Waals surface area contributed by atoms with E-state index in [1.165, 1.54) is 11.5 Å². The molecule has 0 spiro atoms. The van der Waals surface area contributed by atoms with E-state index in [2.05, 4.69) is 35.4 Å². The normalized spacial score (nSPS) is 13.4. The molecule has 0 aromatic carbocycles. The second kappa shape index (κ2) is 6.68. The zero-order valence-corrected chi connectivity index (χ0v) is 11.6. The Kier molecular flexibility index (Phi) is 5.89. The van der Waals surface area contributed by atoms with Gasteiger partial charge in [0.2, 0.25) is 0 Å². The van der Waals surface area contributed by atoms with Crippen molar-refractivity contribution >= 4 is 34.9 Å². The summed E-state index contributed by atoms with van der Waals surface area (Å²) >= 11 is 9.16. The van der Waals surface area contributed by atoms with E-state index in [0.717, 1.165) is 23.7 Å². The second-order valence-corrected chi connectivity index (χ2v) is 6.09. The minimum Gasteiger partial charge on any atom is -0.297 e. The molecule has 0 aliphatic carbocycles. The molecule has 1 aromatic heterocycles. The van der Waals surface area contributed by atoms with Crippen LogP contribution >= 0.6 is 34.9 Å². The number of halogens is 1. The standard InChI is InChI=1S/C9H16ClN3S2/c1-4-14-6-7(2)13(3)5-8-9(10)15-12-11-8/h7H,4-6H2,1-3H3/t7-/m1/s1. The van der Waals surface area contributed by atoms with Crippen LogP contribution in [0.2, 0.25) is 4.34 Å². The maximum atomic E-state index is 5.95. The zero-order chi connectivity index (χ0) is 11.3. The third-order valence-electron chi connectivity index (χ3n) is 2.22. The number of aromatic nitrogens is 2. The molecule has 0 bridgehead atoms. The predicted octanol–water partition coefficient (Wildman–Crippen LogP) is 2.76. The SMILES string of the molecule is CCSC[C@@H](C)N(C)Cc1nnsc1Cl. The van der Waals surface area contributed by atoms with Crippen LogP contribution in [0.5, 0.6) is 0 Å². The molecule has 0 saturated carbocycles. The number of nitrogens with zero attached hydrogens (tertiary/aromatic N) is 3.